The van der Waals surface area contributed by atoms with Gasteiger partial charge in [0, 0.05) is 12.6 Å². The number of amides is 1. The summed E-state index contributed by atoms with van der Waals surface area (Å²) in [5, 5.41) is 2.64. The summed E-state index contributed by atoms with van der Waals surface area (Å²) < 4.78 is 41.1. The maximum atomic E-state index is 13.7. The number of carbonyl (C=O) groups is 1. The second-order valence-corrected chi connectivity index (χ2v) is 8.39. The molecule has 1 aliphatic rings. The van der Waals surface area contributed by atoms with Crippen LogP contribution in [-0.2, 0) is 0 Å². The van der Waals surface area contributed by atoms with Gasteiger partial charge in [-0.05, 0) is 75.0 Å². The van der Waals surface area contributed by atoms with E-state index in [4.69, 9.17) is 0 Å². The van der Waals surface area contributed by atoms with E-state index in [0.717, 1.165) is 49.8 Å². The van der Waals surface area contributed by atoms with Crippen molar-refractivity contribution in [3.8, 4) is 0 Å². The molecular formula is C24H29F3N2O. The highest BCUT2D eigenvalue weighted by atomic mass is 19.1. The highest BCUT2D eigenvalue weighted by Gasteiger charge is 2.30. The second-order valence-electron chi connectivity index (χ2n) is 8.39. The van der Waals surface area contributed by atoms with Gasteiger partial charge in [0.05, 0.1) is 0 Å². The summed E-state index contributed by atoms with van der Waals surface area (Å²) in [6.45, 7) is 0.392. The zero-order valence-electron chi connectivity index (χ0n) is 17.5. The molecule has 1 amide bonds. The normalized spacial score (nSPS) is 20.2. The van der Waals surface area contributed by atoms with E-state index < -0.39 is 23.1 Å². The van der Waals surface area contributed by atoms with Crippen LogP contribution >= 0.6 is 0 Å². The number of nitrogens with zero attached hydrogens (tertiary/aromatic N) is 1. The molecule has 0 bridgehead atoms. The number of rotatable bonds is 7. The fourth-order valence-electron chi connectivity index (χ4n) is 4.67. The van der Waals surface area contributed by atoms with Crippen LogP contribution in [0.2, 0.25) is 0 Å². The van der Waals surface area contributed by atoms with Crippen molar-refractivity contribution < 1.29 is 18.0 Å². The highest BCUT2D eigenvalue weighted by molar-refractivity contribution is 5.94. The van der Waals surface area contributed by atoms with Gasteiger partial charge in [-0.15, -0.1) is 0 Å². The highest BCUT2D eigenvalue weighted by Crippen LogP contribution is 2.40. The molecule has 1 unspecified atom stereocenters. The van der Waals surface area contributed by atoms with Crippen molar-refractivity contribution >= 4 is 5.91 Å². The lowest BCUT2D eigenvalue weighted by molar-refractivity contribution is 0.0938. The van der Waals surface area contributed by atoms with Gasteiger partial charge >= 0.3 is 0 Å². The predicted molar refractivity (Wildman–Crippen MR) is 112 cm³/mol. The molecule has 3 rings (SSSR count). The fraction of sp³-hybridized carbons (Fsp3) is 0.458. The maximum Gasteiger partial charge on any atom is 0.257 e. The van der Waals surface area contributed by atoms with Crippen LogP contribution in [0.1, 0.15) is 54.1 Å². The number of halogens is 3. The minimum absolute atomic E-state index is 0.172. The van der Waals surface area contributed by atoms with Crippen molar-refractivity contribution in [3.63, 3.8) is 0 Å². The van der Waals surface area contributed by atoms with Crippen LogP contribution in [0.4, 0.5) is 13.2 Å². The molecule has 0 radical (unpaired) electrons. The Balaban J connectivity index is 1.50. The predicted octanol–water partition coefficient (Wildman–Crippen LogP) is 5.33. The topological polar surface area (TPSA) is 32.3 Å². The van der Waals surface area contributed by atoms with E-state index in [-0.39, 0.29) is 11.9 Å². The molecule has 1 atom stereocenters. The summed E-state index contributed by atoms with van der Waals surface area (Å²) in [7, 11) is 4.05. The Morgan fingerprint density at radius 2 is 1.67 bits per heavy atom. The van der Waals surface area contributed by atoms with Crippen LogP contribution in [0.5, 0.6) is 0 Å². The number of nitrogens with one attached hydrogen (secondary N) is 1. The molecule has 0 spiro atoms. The second kappa shape index (κ2) is 10.1. The third-order valence-corrected chi connectivity index (χ3v) is 6.11. The molecule has 1 fully saturated rings. The van der Waals surface area contributed by atoms with Crippen LogP contribution in [0.3, 0.4) is 0 Å². The van der Waals surface area contributed by atoms with Gasteiger partial charge in [-0.25, -0.2) is 13.2 Å². The summed E-state index contributed by atoms with van der Waals surface area (Å²) in [6, 6.07) is 10.4. The molecule has 2 aromatic carbocycles. The number of hydrogen-bond acceptors (Lipinski definition) is 2. The van der Waals surface area contributed by atoms with Crippen LogP contribution in [0.25, 0.3) is 0 Å². The Hall–Kier alpha value is -2.34. The molecule has 1 aliphatic carbocycles. The molecule has 0 saturated heterocycles. The Kier molecular flexibility index (Phi) is 7.53. The van der Waals surface area contributed by atoms with Crippen molar-refractivity contribution in [1.82, 2.24) is 10.2 Å². The first-order valence-corrected chi connectivity index (χ1v) is 10.5. The van der Waals surface area contributed by atoms with Gasteiger partial charge in [0.1, 0.15) is 23.0 Å². The third-order valence-electron chi connectivity index (χ3n) is 6.11. The van der Waals surface area contributed by atoms with E-state index in [1.54, 1.807) is 12.1 Å². The smallest absolute Gasteiger partial charge is 0.257 e. The lowest BCUT2D eigenvalue weighted by Crippen LogP contribution is -2.32. The number of benzene rings is 2. The first kappa shape index (κ1) is 22.3. The fourth-order valence-corrected chi connectivity index (χ4v) is 4.67. The minimum atomic E-state index is -0.847. The van der Waals surface area contributed by atoms with E-state index in [9.17, 15) is 18.0 Å². The minimum Gasteiger partial charge on any atom is -0.352 e. The maximum absolute atomic E-state index is 13.7. The summed E-state index contributed by atoms with van der Waals surface area (Å²) in [5.41, 5.74) is 0.479. The Bertz CT molecular complexity index is 843. The van der Waals surface area contributed by atoms with E-state index in [1.807, 2.05) is 20.2 Å². The Morgan fingerprint density at radius 1 is 1.03 bits per heavy atom. The van der Waals surface area contributed by atoms with Crippen LogP contribution in [-0.4, -0.2) is 31.4 Å². The zero-order valence-corrected chi connectivity index (χ0v) is 17.5. The van der Waals surface area contributed by atoms with Crippen molar-refractivity contribution in [2.75, 3.05) is 20.6 Å². The van der Waals surface area contributed by atoms with Crippen molar-refractivity contribution in [3.05, 3.63) is 71.0 Å². The van der Waals surface area contributed by atoms with Crippen molar-refractivity contribution in [2.45, 2.75) is 38.1 Å². The first-order chi connectivity index (χ1) is 14.4. The molecule has 6 heteroatoms. The van der Waals surface area contributed by atoms with Gasteiger partial charge in [0.15, 0.2) is 0 Å². The van der Waals surface area contributed by atoms with Gasteiger partial charge in [-0.3, -0.25) is 4.79 Å². The molecule has 0 aliphatic heterocycles. The van der Waals surface area contributed by atoms with Crippen molar-refractivity contribution in [2.24, 2.45) is 11.8 Å². The molecule has 1 N–H and O–H groups in total. The molecule has 1 saturated carbocycles. The van der Waals surface area contributed by atoms with Gasteiger partial charge in [0.2, 0.25) is 0 Å². The Morgan fingerprint density at radius 3 is 2.27 bits per heavy atom. The molecule has 2 aromatic rings. The third kappa shape index (κ3) is 5.42. The monoisotopic (exact) mass is 418 g/mol. The van der Waals surface area contributed by atoms with Gasteiger partial charge in [0.25, 0.3) is 5.91 Å². The van der Waals surface area contributed by atoms with E-state index in [0.29, 0.717) is 18.4 Å². The average Bonchev–Trinajstić information content (AvgIpc) is 2.69. The lowest BCUT2D eigenvalue weighted by Gasteiger charge is -2.37. The zero-order chi connectivity index (χ0) is 21.7. The number of hydrogen-bond donors (Lipinski definition) is 1. The molecule has 0 aromatic heterocycles. The number of carbonyl (C=O) groups excluding carboxylic acids is 1. The summed E-state index contributed by atoms with van der Waals surface area (Å²) in [4.78, 5) is 14.3. The van der Waals surface area contributed by atoms with E-state index in [1.165, 1.54) is 12.1 Å². The van der Waals surface area contributed by atoms with Crippen LogP contribution in [0.15, 0.2) is 42.5 Å². The molecule has 3 nitrogen and oxygen atoms in total. The van der Waals surface area contributed by atoms with Crippen LogP contribution in [0, 0.1) is 29.3 Å². The van der Waals surface area contributed by atoms with Gasteiger partial charge in [-0.2, -0.15) is 0 Å². The van der Waals surface area contributed by atoms with Crippen molar-refractivity contribution in [1.29, 1.82) is 0 Å². The average molecular weight is 419 g/mol. The molecule has 30 heavy (non-hydrogen) atoms. The Labute approximate surface area is 176 Å². The quantitative estimate of drug-likeness (QED) is 0.659. The van der Waals surface area contributed by atoms with Crippen LogP contribution < -0.4 is 5.32 Å². The summed E-state index contributed by atoms with van der Waals surface area (Å²) >= 11 is 0. The summed E-state index contributed by atoms with van der Waals surface area (Å²) in [6.07, 6.45) is 4.88. The van der Waals surface area contributed by atoms with Gasteiger partial charge < -0.3 is 10.2 Å². The van der Waals surface area contributed by atoms with E-state index in [2.05, 4.69) is 10.2 Å². The molecule has 162 valence electrons. The first-order valence-electron chi connectivity index (χ1n) is 10.5. The van der Waals surface area contributed by atoms with E-state index >= 15 is 0 Å². The standard InChI is InChI=1S/C24H29F3N2O/c1-29(2)23(18-5-3-6-19(25)15-18)17-11-9-16(10-12-17)13-14-28-24(30)22-20(26)7-4-8-21(22)27/h3-8,15-17,23H,9-14H2,1-2H3,(H,28,30). The molecular weight excluding hydrogens is 389 g/mol. The SMILES string of the molecule is CN(C)C(c1cccc(F)c1)C1CCC(CCNC(=O)c2c(F)cccc2F)CC1. The summed E-state index contributed by atoms with van der Waals surface area (Å²) in [5.74, 6) is -1.71. The largest absolute Gasteiger partial charge is 0.352 e. The lowest BCUT2D eigenvalue weighted by atomic mass is 9.75. The van der Waals surface area contributed by atoms with Gasteiger partial charge in [-0.1, -0.05) is 31.0 Å². The molecule has 0 heterocycles.